The van der Waals surface area contributed by atoms with Crippen molar-refractivity contribution in [2.24, 2.45) is 5.92 Å². The molecule has 1 aliphatic carbocycles. The van der Waals surface area contributed by atoms with Gasteiger partial charge in [-0.25, -0.2) is 4.98 Å². The second-order valence-electron chi connectivity index (χ2n) is 8.73. The molecule has 34 heavy (non-hydrogen) atoms. The summed E-state index contributed by atoms with van der Waals surface area (Å²) in [4.78, 5) is 23.0. The highest BCUT2D eigenvalue weighted by Gasteiger charge is 2.34. The third kappa shape index (κ3) is 4.68. The largest absolute Gasteiger partial charge is 0.387 e. The third-order valence-corrected chi connectivity index (χ3v) is 6.30. The van der Waals surface area contributed by atoms with Crippen molar-refractivity contribution in [2.75, 3.05) is 18.8 Å². The molecule has 9 nitrogen and oxygen atoms in total. The number of allylic oxidation sites excluding steroid dienone is 1. The number of piperidine rings is 1. The molecule has 0 bridgehead atoms. The van der Waals surface area contributed by atoms with Crippen LogP contribution in [0.2, 0.25) is 0 Å². The highest BCUT2D eigenvalue weighted by Crippen LogP contribution is 2.32. The van der Waals surface area contributed by atoms with E-state index in [4.69, 9.17) is 15.7 Å². The summed E-state index contributed by atoms with van der Waals surface area (Å²) >= 11 is 0. The van der Waals surface area contributed by atoms with Gasteiger partial charge in [0.25, 0.3) is 5.89 Å². The van der Waals surface area contributed by atoms with Crippen molar-refractivity contribution in [2.45, 2.75) is 31.7 Å². The van der Waals surface area contributed by atoms with Crippen LogP contribution >= 0.6 is 0 Å². The van der Waals surface area contributed by atoms with E-state index in [0.29, 0.717) is 28.4 Å². The predicted molar refractivity (Wildman–Crippen MR) is 130 cm³/mol. The first kappa shape index (κ1) is 21.8. The van der Waals surface area contributed by atoms with Gasteiger partial charge < -0.3 is 25.9 Å². The smallest absolute Gasteiger partial charge is 0.262 e. The molecule has 1 saturated heterocycles. The molecule has 3 heterocycles. The molecule has 9 heteroatoms. The molecule has 1 aliphatic heterocycles. The molecule has 2 aromatic heterocycles. The highest BCUT2D eigenvalue weighted by atomic mass is 16.5. The summed E-state index contributed by atoms with van der Waals surface area (Å²) in [7, 11) is 0. The summed E-state index contributed by atoms with van der Waals surface area (Å²) in [6.45, 7) is 1.55. The van der Waals surface area contributed by atoms with Crippen LogP contribution in [0.15, 0.2) is 53.3 Å². The SMILES string of the molecule is N=C/C(=C\NC1CCN(C(=O)C2CC2)CC1)c1cnc(N)c(-c2nc(-c3ccccc3)no2)c1. The standard InChI is InChI=1S/C25H27N7O2/c26-13-19(15-28-20-8-10-32(11-9-20)25(33)17-6-7-17)18-12-21(22(27)29-14-18)24-30-23(31-34-24)16-4-2-1-3-5-16/h1-5,12-15,17,20,26,28H,6-11H2,(H2,27,29)/b19-15+,26-13?. The molecular weight excluding hydrogens is 430 g/mol. The fourth-order valence-corrected chi connectivity index (χ4v) is 4.11. The molecule has 1 saturated carbocycles. The molecule has 3 aromatic rings. The van der Waals surface area contributed by atoms with Gasteiger partial charge in [-0.05, 0) is 31.7 Å². The number of nitrogens with one attached hydrogen (secondary N) is 2. The second-order valence-corrected chi connectivity index (χ2v) is 8.73. The van der Waals surface area contributed by atoms with Gasteiger partial charge in [-0.2, -0.15) is 4.98 Å². The first-order valence-electron chi connectivity index (χ1n) is 11.5. The first-order valence-corrected chi connectivity index (χ1v) is 11.5. The number of amides is 1. The Bertz CT molecular complexity index is 1210. The minimum Gasteiger partial charge on any atom is -0.387 e. The number of carbonyl (C=O) groups is 1. The Morgan fingerprint density at radius 1 is 1.18 bits per heavy atom. The van der Waals surface area contributed by atoms with Crippen LogP contribution in [-0.2, 0) is 4.79 Å². The van der Waals surface area contributed by atoms with Crippen molar-refractivity contribution in [3.05, 3.63) is 54.4 Å². The van der Waals surface area contributed by atoms with Crippen LogP contribution in [0.4, 0.5) is 5.82 Å². The van der Waals surface area contributed by atoms with Crippen molar-refractivity contribution < 1.29 is 9.32 Å². The minimum absolute atomic E-state index is 0.254. The van der Waals surface area contributed by atoms with Gasteiger partial charge in [0, 0.05) is 60.4 Å². The van der Waals surface area contributed by atoms with Gasteiger partial charge >= 0.3 is 0 Å². The lowest BCUT2D eigenvalue weighted by Crippen LogP contribution is -2.44. The quantitative estimate of drug-likeness (QED) is 0.463. The lowest BCUT2D eigenvalue weighted by atomic mass is 10.0. The summed E-state index contributed by atoms with van der Waals surface area (Å²) < 4.78 is 5.45. The summed E-state index contributed by atoms with van der Waals surface area (Å²) in [5.74, 6) is 1.60. The lowest BCUT2D eigenvalue weighted by Gasteiger charge is -2.32. The Labute approximate surface area is 197 Å². The number of nitrogens with zero attached hydrogens (tertiary/aromatic N) is 4. The minimum atomic E-state index is 0.254. The van der Waals surface area contributed by atoms with Gasteiger partial charge in [0.1, 0.15) is 5.82 Å². The summed E-state index contributed by atoms with van der Waals surface area (Å²) in [6, 6.07) is 11.6. The summed E-state index contributed by atoms with van der Waals surface area (Å²) in [5.41, 5.74) is 8.84. The third-order valence-electron chi connectivity index (χ3n) is 6.30. The molecule has 2 aliphatic rings. The Hall–Kier alpha value is -4.01. The van der Waals surface area contributed by atoms with Crippen molar-refractivity contribution in [3.8, 4) is 22.8 Å². The number of carbonyl (C=O) groups excluding carboxylic acids is 1. The van der Waals surface area contributed by atoms with Gasteiger partial charge in [0.15, 0.2) is 0 Å². The molecule has 174 valence electrons. The zero-order chi connectivity index (χ0) is 23.5. The molecule has 1 amide bonds. The average molecular weight is 458 g/mol. The van der Waals surface area contributed by atoms with Crippen molar-refractivity contribution in [1.82, 2.24) is 25.3 Å². The number of likely N-dealkylation sites (tertiary alicyclic amines) is 1. The van der Waals surface area contributed by atoms with Crippen LogP contribution < -0.4 is 11.1 Å². The van der Waals surface area contributed by atoms with E-state index in [-0.39, 0.29) is 23.7 Å². The lowest BCUT2D eigenvalue weighted by molar-refractivity contribution is -0.133. The maximum Gasteiger partial charge on any atom is 0.262 e. The highest BCUT2D eigenvalue weighted by molar-refractivity contribution is 6.08. The number of anilines is 1. The molecule has 2 fully saturated rings. The van der Waals surface area contributed by atoms with Crippen LogP contribution in [-0.4, -0.2) is 51.3 Å². The zero-order valence-corrected chi connectivity index (χ0v) is 18.8. The normalized spacial score (nSPS) is 16.9. The van der Waals surface area contributed by atoms with Crippen LogP contribution in [0.5, 0.6) is 0 Å². The van der Waals surface area contributed by atoms with E-state index in [1.807, 2.05) is 41.4 Å². The van der Waals surface area contributed by atoms with E-state index < -0.39 is 0 Å². The van der Waals surface area contributed by atoms with Gasteiger partial charge in [-0.3, -0.25) is 4.79 Å². The maximum absolute atomic E-state index is 12.3. The van der Waals surface area contributed by atoms with Crippen molar-refractivity contribution >= 4 is 23.5 Å². The summed E-state index contributed by atoms with van der Waals surface area (Å²) in [5, 5.41) is 15.4. The fourth-order valence-electron chi connectivity index (χ4n) is 4.11. The maximum atomic E-state index is 12.3. The van der Waals surface area contributed by atoms with E-state index in [0.717, 1.165) is 44.3 Å². The number of hydrogen-bond donors (Lipinski definition) is 3. The number of rotatable bonds is 7. The number of benzene rings is 1. The van der Waals surface area contributed by atoms with E-state index in [2.05, 4.69) is 20.4 Å². The number of hydrogen-bond acceptors (Lipinski definition) is 8. The molecule has 4 N–H and O–H groups in total. The zero-order valence-electron chi connectivity index (χ0n) is 18.8. The topological polar surface area (TPSA) is 134 Å². The van der Waals surface area contributed by atoms with Gasteiger partial charge in [0.2, 0.25) is 11.7 Å². The molecule has 0 unspecified atom stereocenters. The number of nitrogens with two attached hydrogens (primary N) is 1. The van der Waals surface area contributed by atoms with Crippen molar-refractivity contribution in [1.29, 1.82) is 5.41 Å². The van der Waals surface area contributed by atoms with Gasteiger partial charge in [-0.1, -0.05) is 35.5 Å². The predicted octanol–water partition coefficient (Wildman–Crippen LogP) is 3.36. The van der Waals surface area contributed by atoms with Crippen LogP contribution in [0.1, 0.15) is 31.2 Å². The molecule has 0 atom stereocenters. The van der Waals surface area contributed by atoms with E-state index >= 15 is 0 Å². The molecule has 5 rings (SSSR count). The van der Waals surface area contributed by atoms with Gasteiger partial charge in [-0.15, -0.1) is 0 Å². The van der Waals surface area contributed by atoms with Crippen LogP contribution in [0.3, 0.4) is 0 Å². The van der Waals surface area contributed by atoms with E-state index in [1.165, 1.54) is 6.21 Å². The molecular formula is C25H27N7O2. The molecule has 0 spiro atoms. The Kier molecular flexibility index (Phi) is 6.07. The Balaban J connectivity index is 1.29. The number of nitrogen functional groups attached to an aromatic ring is 1. The molecule has 1 aromatic carbocycles. The molecule has 0 radical (unpaired) electrons. The first-order chi connectivity index (χ1) is 16.6. The van der Waals surface area contributed by atoms with E-state index in [9.17, 15) is 4.79 Å². The second kappa shape index (κ2) is 9.46. The summed E-state index contributed by atoms with van der Waals surface area (Å²) in [6.07, 6.45) is 8.58. The van der Waals surface area contributed by atoms with Crippen LogP contribution in [0.25, 0.3) is 28.4 Å². The Morgan fingerprint density at radius 2 is 1.94 bits per heavy atom. The fraction of sp³-hybridized carbons (Fsp3) is 0.320. The number of aromatic nitrogens is 3. The van der Waals surface area contributed by atoms with Crippen molar-refractivity contribution in [3.63, 3.8) is 0 Å². The van der Waals surface area contributed by atoms with Gasteiger partial charge in [0.05, 0.1) is 5.56 Å². The van der Waals surface area contributed by atoms with E-state index in [1.54, 1.807) is 12.3 Å². The monoisotopic (exact) mass is 457 g/mol. The average Bonchev–Trinajstić information content (AvgIpc) is 3.62. The van der Waals surface area contributed by atoms with Crippen LogP contribution in [0, 0.1) is 11.3 Å². The Morgan fingerprint density at radius 3 is 2.65 bits per heavy atom. The number of pyridine rings is 1.